The Labute approximate surface area is 127 Å². The molecule has 0 aliphatic carbocycles. The molecule has 0 bridgehead atoms. The van der Waals surface area contributed by atoms with Crippen LogP contribution in [0.15, 0.2) is 48.8 Å². The van der Waals surface area contributed by atoms with Crippen LogP contribution in [0.5, 0.6) is 0 Å². The second-order valence-corrected chi connectivity index (χ2v) is 4.93. The molecule has 0 spiro atoms. The third kappa shape index (κ3) is 3.35. The average Bonchev–Trinajstić information content (AvgIpc) is 2.94. The van der Waals surface area contributed by atoms with Crippen LogP contribution in [0.3, 0.4) is 0 Å². The van der Waals surface area contributed by atoms with Crippen molar-refractivity contribution in [3.8, 4) is 11.4 Å². The molecule has 0 fully saturated rings. The highest BCUT2D eigenvalue weighted by molar-refractivity contribution is 5.91. The molecule has 3 aromatic rings. The molecule has 0 saturated heterocycles. The standard InChI is InChI=1S/C16H15N5O/c1-11-7-13(21-20-11)8-15(22)19-14-9-17-16(18-10-14)12-5-3-2-4-6-12/h2-7,9-10H,8H2,1H3,(H,19,22)(H,20,21). The smallest absolute Gasteiger partial charge is 0.230 e. The third-order valence-corrected chi connectivity index (χ3v) is 3.07. The summed E-state index contributed by atoms with van der Waals surface area (Å²) in [5.74, 6) is 0.476. The van der Waals surface area contributed by atoms with Gasteiger partial charge in [-0.15, -0.1) is 0 Å². The predicted molar refractivity (Wildman–Crippen MR) is 83.1 cm³/mol. The molecule has 0 saturated carbocycles. The quantitative estimate of drug-likeness (QED) is 0.773. The lowest BCUT2D eigenvalue weighted by Gasteiger charge is -2.04. The zero-order valence-corrected chi connectivity index (χ0v) is 12.1. The van der Waals surface area contributed by atoms with Crippen molar-refractivity contribution < 1.29 is 4.79 Å². The van der Waals surface area contributed by atoms with Gasteiger partial charge in [0.25, 0.3) is 0 Å². The predicted octanol–water partition coefficient (Wildman–Crippen LogP) is 2.36. The molecule has 2 aromatic heterocycles. The summed E-state index contributed by atoms with van der Waals surface area (Å²) in [4.78, 5) is 20.5. The minimum Gasteiger partial charge on any atom is -0.323 e. The van der Waals surface area contributed by atoms with Crippen molar-refractivity contribution in [1.29, 1.82) is 0 Å². The second kappa shape index (κ2) is 6.17. The molecule has 0 aliphatic rings. The van der Waals surface area contributed by atoms with Crippen LogP contribution in [-0.2, 0) is 11.2 Å². The van der Waals surface area contributed by atoms with Gasteiger partial charge in [0.1, 0.15) is 0 Å². The molecule has 22 heavy (non-hydrogen) atoms. The van der Waals surface area contributed by atoms with Crippen molar-refractivity contribution in [2.75, 3.05) is 5.32 Å². The van der Waals surface area contributed by atoms with Gasteiger partial charge < -0.3 is 5.32 Å². The van der Waals surface area contributed by atoms with Gasteiger partial charge in [0, 0.05) is 11.3 Å². The summed E-state index contributed by atoms with van der Waals surface area (Å²) in [7, 11) is 0. The van der Waals surface area contributed by atoms with Crippen LogP contribution >= 0.6 is 0 Å². The van der Waals surface area contributed by atoms with E-state index in [9.17, 15) is 4.79 Å². The molecular formula is C16H15N5O. The SMILES string of the molecule is Cc1cc(CC(=O)Nc2cnc(-c3ccccc3)nc2)n[nH]1. The number of nitrogens with zero attached hydrogens (tertiary/aromatic N) is 3. The Balaban J connectivity index is 1.65. The Kier molecular flexibility index (Phi) is 3.91. The highest BCUT2D eigenvalue weighted by Gasteiger charge is 2.08. The normalized spacial score (nSPS) is 10.4. The number of hydrogen-bond donors (Lipinski definition) is 2. The van der Waals surface area contributed by atoms with Crippen LogP contribution in [0.4, 0.5) is 5.69 Å². The van der Waals surface area contributed by atoms with Gasteiger partial charge in [-0.1, -0.05) is 30.3 Å². The first-order valence-corrected chi connectivity index (χ1v) is 6.89. The molecule has 6 nitrogen and oxygen atoms in total. The number of carbonyl (C=O) groups is 1. The Morgan fingerprint density at radius 2 is 1.91 bits per heavy atom. The molecule has 0 aliphatic heterocycles. The molecular weight excluding hydrogens is 278 g/mol. The number of aromatic amines is 1. The topological polar surface area (TPSA) is 83.6 Å². The van der Waals surface area contributed by atoms with Crippen LogP contribution in [0.1, 0.15) is 11.4 Å². The van der Waals surface area contributed by atoms with Crippen LogP contribution < -0.4 is 5.32 Å². The molecule has 3 rings (SSSR count). The van der Waals surface area contributed by atoms with E-state index in [0.717, 1.165) is 11.3 Å². The third-order valence-electron chi connectivity index (χ3n) is 3.07. The van der Waals surface area contributed by atoms with Gasteiger partial charge in [-0.05, 0) is 13.0 Å². The highest BCUT2D eigenvalue weighted by atomic mass is 16.1. The highest BCUT2D eigenvalue weighted by Crippen LogP contribution is 2.14. The Morgan fingerprint density at radius 3 is 2.55 bits per heavy atom. The molecule has 2 heterocycles. The van der Waals surface area contributed by atoms with Crippen molar-refractivity contribution in [2.45, 2.75) is 13.3 Å². The van der Waals surface area contributed by atoms with E-state index in [1.165, 1.54) is 0 Å². The number of rotatable bonds is 4. The molecule has 1 amide bonds. The van der Waals surface area contributed by atoms with Gasteiger partial charge in [-0.25, -0.2) is 9.97 Å². The van der Waals surface area contributed by atoms with Crippen molar-refractivity contribution in [2.24, 2.45) is 0 Å². The van der Waals surface area contributed by atoms with Crippen LogP contribution in [0, 0.1) is 6.92 Å². The van der Waals surface area contributed by atoms with Crippen LogP contribution in [-0.4, -0.2) is 26.1 Å². The van der Waals surface area contributed by atoms with Gasteiger partial charge in [-0.2, -0.15) is 5.10 Å². The molecule has 0 unspecified atom stereocenters. The monoisotopic (exact) mass is 293 g/mol. The maximum absolute atomic E-state index is 11.9. The van der Waals surface area contributed by atoms with E-state index >= 15 is 0 Å². The van der Waals surface area contributed by atoms with Crippen molar-refractivity contribution in [3.63, 3.8) is 0 Å². The minimum atomic E-state index is -0.150. The summed E-state index contributed by atoms with van der Waals surface area (Å²) in [6.45, 7) is 1.89. The van der Waals surface area contributed by atoms with Crippen LogP contribution in [0.2, 0.25) is 0 Å². The second-order valence-electron chi connectivity index (χ2n) is 4.93. The average molecular weight is 293 g/mol. The maximum Gasteiger partial charge on any atom is 0.230 e. The molecule has 0 radical (unpaired) electrons. The fourth-order valence-electron chi connectivity index (χ4n) is 2.06. The largest absolute Gasteiger partial charge is 0.323 e. The Hall–Kier alpha value is -3.02. The lowest BCUT2D eigenvalue weighted by molar-refractivity contribution is -0.115. The van der Waals surface area contributed by atoms with Gasteiger partial charge in [0.2, 0.25) is 5.91 Å². The zero-order valence-electron chi connectivity index (χ0n) is 12.1. The minimum absolute atomic E-state index is 0.150. The summed E-state index contributed by atoms with van der Waals surface area (Å²) < 4.78 is 0. The van der Waals surface area contributed by atoms with Crippen molar-refractivity contribution >= 4 is 11.6 Å². The first kappa shape index (κ1) is 13.9. The fraction of sp³-hybridized carbons (Fsp3) is 0.125. The number of aromatic nitrogens is 4. The summed E-state index contributed by atoms with van der Waals surface area (Å²) in [5.41, 5.74) is 3.14. The fourth-order valence-corrected chi connectivity index (χ4v) is 2.06. The molecule has 6 heteroatoms. The number of hydrogen-bond acceptors (Lipinski definition) is 4. The van der Waals surface area contributed by atoms with Gasteiger partial charge in [0.05, 0.1) is 30.2 Å². The molecule has 2 N–H and O–H groups in total. The lowest BCUT2D eigenvalue weighted by atomic mass is 10.2. The number of aryl methyl sites for hydroxylation is 1. The molecule has 0 atom stereocenters. The number of amides is 1. The number of nitrogens with one attached hydrogen (secondary N) is 2. The number of H-pyrrole nitrogens is 1. The first-order valence-electron chi connectivity index (χ1n) is 6.89. The van der Waals surface area contributed by atoms with E-state index < -0.39 is 0 Å². The van der Waals surface area contributed by atoms with E-state index in [1.54, 1.807) is 12.4 Å². The van der Waals surface area contributed by atoms with E-state index in [2.05, 4.69) is 25.5 Å². The van der Waals surface area contributed by atoms with E-state index in [-0.39, 0.29) is 12.3 Å². The Bertz CT molecular complexity index is 765. The van der Waals surface area contributed by atoms with Gasteiger partial charge in [0.15, 0.2) is 5.82 Å². The van der Waals surface area contributed by atoms with Crippen molar-refractivity contribution in [3.05, 3.63) is 60.2 Å². The lowest BCUT2D eigenvalue weighted by Crippen LogP contribution is -2.15. The first-order chi connectivity index (χ1) is 10.7. The number of benzene rings is 1. The molecule has 1 aromatic carbocycles. The van der Waals surface area contributed by atoms with E-state index in [4.69, 9.17) is 0 Å². The van der Waals surface area contributed by atoms with E-state index in [1.807, 2.05) is 43.3 Å². The van der Waals surface area contributed by atoms with Gasteiger partial charge >= 0.3 is 0 Å². The van der Waals surface area contributed by atoms with Crippen molar-refractivity contribution in [1.82, 2.24) is 20.2 Å². The Morgan fingerprint density at radius 1 is 1.18 bits per heavy atom. The zero-order chi connectivity index (χ0) is 15.4. The molecule has 110 valence electrons. The number of carbonyl (C=O) groups excluding carboxylic acids is 1. The summed E-state index contributed by atoms with van der Waals surface area (Å²) in [6, 6.07) is 11.5. The summed E-state index contributed by atoms with van der Waals surface area (Å²) >= 11 is 0. The maximum atomic E-state index is 11.9. The van der Waals surface area contributed by atoms with E-state index in [0.29, 0.717) is 17.2 Å². The summed E-state index contributed by atoms with van der Waals surface area (Å²) in [5, 5.41) is 9.60. The summed E-state index contributed by atoms with van der Waals surface area (Å²) in [6.07, 6.45) is 3.41. The number of anilines is 1. The van der Waals surface area contributed by atoms with Crippen LogP contribution in [0.25, 0.3) is 11.4 Å². The van der Waals surface area contributed by atoms with Gasteiger partial charge in [-0.3, -0.25) is 9.89 Å².